The number of carbonyl (C=O) groups is 1. The Hall–Kier alpha value is 0.170. The summed E-state index contributed by atoms with van der Waals surface area (Å²) in [5, 5.41) is 0. The zero-order chi connectivity index (χ0) is 18.2. The molecule has 5 aliphatic rings. The fraction of sp³-hybridized carbons (Fsp3) is 0.955. The molecule has 0 amide bonds. The molecule has 5 rings (SSSR count). The lowest BCUT2D eigenvalue weighted by Gasteiger charge is -2.60. The third-order valence-corrected chi connectivity index (χ3v) is 12.9. The van der Waals surface area contributed by atoms with Gasteiger partial charge in [0.05, 0.1) is 4.08 Å². The third kappa shape index (κ3) is 2.42. The minimum atomic E-state index is 0.0516. The maximum absolute atomic E-state index is 11.9. The summed E-state index contributed by atoms with van der Waals surface area (Å²) in [4.78, 5) is 11.9. The largest absolute Gasteiger partial charge is 0.462 e. The number of esters is 1. The predicted octanol–water partition coefficient (Wildman–Crippen LogP) is 5.75. The summed E-state index contributed by atoms with van der Waals surface area (Å²) < 4.78 is 6.31. The van der Waals surface area contributed by atoms with Crippen LogP contribution in [0.25, 0.3) is 0 Å². The van der Waals surface area contributed by atoms with Gasteiger partial charge < -0.3 is 4.74 Å². The lowest BCUT2D eigenvalue weighted by Crippen LogP contribution is -2.57. The molecule has 3 saturated carbocycles. The molecule has 3 aliphatic carbocycles. The summed E-state index contributed by atoms with van der Waals surface area (Å²) in [6.07, 6.45) is 9.96. The zero-order valence-electron chi connectivity index (χ0n) is 16.6. The van der Waals surface area contributed by atoms with Gasteiger partial charge in [0.25, 0.3) is 0 Å². The highest BCUT2D eigenvalue weighted by Crippen LogP contribution is 2.70. The Morgan fingerprint density at radius 3 is 2.38 bits per heavy atom. The molecule has 2 nitrogen and oxygen atoms in total. The molecular formula is C22H34O2S2. The minimum Gasteiger partial charge on any atom is -0.462 e. The van der Waals surface area contributed by atoms with Gasteiger partial charge >= 0.3 is 5.97 Å². The van der Waals surface area contributed by atoms with Crippen LogP contribution < -0.4 is 0 Å². The van der Waals surface area contributed by atoms with E-state index < -0.39 is 0 Å². The van der Waals surface area contributed by atoms with Crippen LogP contribution in [-0.2, 0) is 9.53 Å². The standard InChI is InChI=1S/C22H34O2S2/c1-20-10-8-16-14(4-7-18-21(16,2)11-9-19(23)24-18)15(20)5-6-17(20)22(3)25-12-13-26-22/h14-18H,4-13H2,1-3H3. The molecule has 0 radical (unpaired) electrons. The van der Waals surface area contributed by atoms with Gasteiger partial charge in [-0.3, -0.25) is 4.79 Å². The third-order valence-electron chi connectivity index (χ3n) is 9.42. The first-order valence-electron chi connectivity index (χ1n) is 10.8. The highest BCUT2D eigenvalue weighted by Gasteiger charge is 2.63. The van der Waals surface area contributed by atoms with E-state index in [2.05, 4.69) is 44.3 Å². The SMILES string of the molecule is CC1(C2CCC3C4CCC5OC(=O)CCC5(C)C4CCC32C)SCCS1. The maximum Gasteiger partial charge on any atom is 0.306 e. The molecule has 0 aromatic carbocycles. The normalized spacial score (nSPS) is 52.7. The molecule has 0 N–H and O–H groups in total. The Morgan fingerprint density at radius 1 is 0.885 bits per heavy atom. The molecular weight excluding hydrogens is 360 g/mol. The summed E-state index contributed by atoms with van der Waals surface area (Å²) >= 11 is 4.50. The van der Waals surface area contributed by atoms with Gasteiger partial charge in [-0.15, -0.1) is 23.5 Å². The first kappa shape index (κ1) is 18.2. The monoisotopic (exact) mass is 394 g/mol. The van der Waals surface area contributed by atoms with Crippen LogP contribution in [0.1, 0.15) is 72.1 Å². The Kier molecular flexibility index (Phi) is 4.26. The molecule has 0 aromatic rings. The van der Waals surface area contributed by atoms with Crippen molar-refractivity contribution < 1.29 is 9.53 Å². The van der Waals surface area contributed by atoms with E-state index >= 15 is 0 Å². The predicted molar refractivity (Wildman–Crippen MR) is 110 cm³/mol. The van der Waals surface area contributed by atoms with E-state index in [1.807, 2.05) is 0 Å². The first-order valence-corrected chi connectivity index (χ1v) is 12.8. The van der Waals surface area contributed by atoms with E-state index in [9.17, 15) is 4.79 Å². The minimum absolute atomic E-state index is 0.0516. The second-order valence-corrected chi connectivity index (χ2v) is 13.7. The number of thioether (sulfide) groups is 2. The van der Waals surface area contributed by atoms with E-state index in [1.54, 1.807) is 0 Å². The Bertz CT molecular complexity index is 601. The summed E-state index contributed by atoms with van der Waals surface area (Å²) in [5.74, 6) is 6.18. The highest BCUT2D eigenvalue weighted by atomic mass is 32.2. The van der Waals surface area contributed by atoms with Gasteiger partial charge in [-0.2, -0.15) is 0 Å². The topological polar surface area (TPSA) is 26.3 Å². The summed E-state index contributed by atoms with van der Waals surface area (Å²) in [7, 11) is 0. The van der Waals surface area contributed by atoms with Crippen molar-refractivity contribution in [2.75, 3.05) is 11.5 Å². The van der Waals surface area contributed by atoms with Crippen molar-refractivity contribution in [3.63, 3.8) is 0 Å². The second-order valence-electron chi connectivity index (χ2n) is 10.3. The number of hydrogen-bond donors (Lipinski definition) is 0. The van der Waals surface area contributed by atoms with Crippen LogP contribution in [0, 0.1) is 34.5 Å². The van der Waals surface area contributed by atoms with Crippen molar-refractivity contribution in [3.05, 3.63) is 0 Å². The van der Waals surface area contributed by atoms with Crippen molar-refractivity contribution in [2.45, 2.75) is 82.3 Å². The van der Waals surface area contributed by atoms with E-state index in [4.69, 9.17) is 4.74 Å². The van der Waals surface area contributed by atoms with Crippen molar-refractivity contribution in [1.82, 2.24) is 0 Å². The summed E-state index contributed by atoms with van der Waals surface area (Å²) in [6.45, 7) is 7.67. The van der Waals surface area contributed by atoms with Crippen molar-refractivity contribution in [2.24, 2.45) is 34.5 Å². The van der Waals surface area contributed by atoms with Crippen molar-refractivity contribution in [1.29, 1.82) is 0 Å². The number of rotatable bonds is 1. The van der Waals surface area contributed by atoms with Crippen molar-refractivity contribution in [3.8, 4) is 0 Å². The average Bonchev–Trinajstić information content (AvgIpc) is 3.19. The Balaban J connectivity index is 1.42. The lowest BCUT2D eigenvalue weighted by atomic mass is 9.47. The lowest BCUT2D eigenvalue weighted by molar-refractivity contribution is -0.191. The van der Waals surface area contributed by atoms with Gasteiger partial charge in [0.15, 0.2) is 0 Å². The maximum atomic E-state index is 11.9. The summed E-state index contributed by atoms with van der Waals surface area (Å²) in [5.41, 5.74) is 0.784. The van der Waals surface area contributed by atoms with Gasteiger partial charge in [0, 0.05) is 23.3 Å². The van der Waals surface area contributed by atoms with Crippen LogP contribution in [0.3, 0.4) is 0 Å². The van der Waals surface area contributed by atoms with Crippen LogP contribution in [0.2, 0.25) is 0 Å². The fourth-order valence-electron chi connectivity index (χ4n) is 8.14. The van der Waals surface area contributed by atoms with Crippen LogP contribution in [-0.4, -0.2) is 27.7 Å². The second kappa shape index (κ2) is 6.08. The van der Waals surface area contributed by atoms with E-state index in [0.717, 1.165) is 36.5 Å². The molecule has 4 heteroatoms. The zero-order valence-corrected chi connectivity index (χ0v) is 18.2. The first-order chi connectivity index (χ1) is 12.4. The van der Waals surface area contributed by atoms with E-state index in [-0.39, 0.29) is 17.5 Å². The number of hydrogen-bond acceptors (Lipinski definition) is 4. The molecule has 0 aromatic heterocycles. The molecule has 2 saturated heterocycles. The molecule has 2 aliphatic heterocycles. The van der Waals surface area contributed by atoms with Gasteiger partial charge in [-0.05, 0) is 81.0 Å². The number of carbonyl (C=O) groups excluding carboxylic acids is 1. The van der Waals surface area contributed by atoms with Gasteiger partial charge in [0.1, 0.15) is 6.10 Å². The van der Waals surface area contributed by atoms with Crippen LogP contribution in [0.4, 0.5) is 0 Å². The van der Waals surface area contributed by atoms with Crippen LogP contribution in [0.15, 0.2) is 0 Å². The van der Waals surface area contributed by atoms with E-state index in [1.165, 1.54) is 43.6 Å². The highest BCUT2D eigenvalue weighted by molar-refractivity contribution is 8.21. The number of ether oxygens (including phenoxy) is 1. The smallest absolute Gasteiger partial charge is 0.306 e. The van der Waals surface area contributed by atoms with E-state index in [0.29, 0.717) is 15.9 Å². The molecule has 26 heavy (non-hydrogen) atoms. The van der Waals surface area contributed by atoms with Gasteiger partial charge in [-0.25, -0.2) is 0 Å². The summed E-state index contributed by atoms with van der Waals surface area (Å²) in [6, 6.07) is 0. The van der Waals surface area contributed by atoms with Gasteiger partial charge in [-0.1, -0.05) is 13.8 Å². The fourth-order valence-corrected chi connectivity index (χ4v) is 11.6. The molecule has 7 unspecified atom stereocenters. The van der Waals surface area contributed by atoms with Gasteiger partial charge in [0.2, 0.25) is 0 Å². The molecule has 0 spiro atoms. The van der Waals surface area contributed by atoms with Crippen LogP contribution >= 0.6 is 23.5 Å². The quantitative estimate of drug-likeness (QED) is 0.529. The molecule has 146 valence electrons. The Labute approximate surface area is 167 Å². The Morgan fingerprint density at radius 2 is 1.62 bits per heavy atom. The van der Waals surface area contributed by atoms with Crippen LogP contribution in [0.5, 0.6) is 0 Å². The number of fused-ring (bicyclic) bond motifs is 5. The molecule has 7 atom stereocenters. The average molecular weight is 395 g/mol. The molecule has 0 bridgehead atoms. The van der Waals surface area contributed by atoms with Crippen molar-refractivity contribution >= 4 is 29.5 Å². The molecule has 2 heterocycles. The molecule has 5 fully saturated rings.